The van der Waals surface area contributed by atoms with Crippen LogP contribution in [-0.4, -0.2) is 28.9 Å². The van der Waals surface area contributed by atoms with Gasteiger partial charge >= 0.3 is 0 Å². The summed E-state index contributed by atoms with van der Waals surface area (Å²) in [6.45, 7) is 3.83. The molecule has 1 aliphatic rings. The SMILES string of the molecule is CCOc1ccc(C2CCCN2C(=O)/C=C/c2ccc(OCc3ccccn3)cc2)cc1. The minimum atomic E-state index is 0.0388. The van der Waals surface area contributed by atoms with Crippen molar-refractivity contribution in [1.82, 2.24) is 9.88 Å². The van der Waals surface area contributed by atoms with Crippen molar-refractivity contribution in [3.63, 3.8) is 0 Å². The number of hydrogen-bond acceptors (Lipinski definition) is 4. The highest BCUT2D eigenvalue weighted by Gasteiger charge is 2.28. The van der Waals surface area contributed by atoms with Gasteiger partial charge in [-0.25, -0.2) is 0 Å². The lowest BCUT2D eigenvalue weighted by Crippen LogP contribution is -2.28. The summed E-state index contributed by atoms with van der Waals surface area (Å²) in [5.41, 5.74) is 3.00. The number of benzene rings is 2. The Bertz CT molecular complexity index is 1030. The van der Waals surface area contributed by atoms with Crippen LogP contribution in [0.2, 0.25) is 0 Å². The van der Waals surface area contributed by atoms with Crippen LogP contribution in [0.5, 0.6) is 11.5 Å². The van der Waals surface area contributed by atoms with Gasteiger partial charge in [0.15, 0.2) is 0 Å². The molecule has 0 saturated carbocycles. The maximum absolute atomic E-state index is 12.9. The number of aromatic nitrogens is 1. The number of pyridine rings is 1. The first-order valence-electron chi connectivity index (χ1n) is 11.1. The van der Waals surface area contributed by atoms with Crippen LogP contribution in [0.15, 0.2) is 79.0 Å². The maximum atomic E-state index is 12.9. The monoisotopic (exact) mass is 428 g/mol. The summed E-state index contributed by atoms with van der Waals surface area (Å²) in [6, 6.07) is 21.7. The minimum Gasteiger partial charge on any atom is -0.494 e. The fourth-order valence-corrected chi connectivity index (χ4v) is 3.91. The summed E-state index contributed by atoms with van der Waals surface area (Å²) < 4.78 is 11.3. The predicted octanol–water partition coefficient (Wildman–Crippen LogP) is 5.44. The van der Waals surface area contributed by atoms with Gasteiger partial charge < -0.3 is 14.4 Å². The van der Waals surface area contributed by atoms with Crippen LogP contribution < -0.4 is 9.47 Å². The first-order valence-corrected chi connectivity index (χ1v) is 11.1. The first kappa shape index (κ1) is 21.6. The van der Waals surface area contributed by atoms with E-state index in [1.807, 2.05) is 72.5 Å². The van der Waals surface area contributed by atoms with Crippen LogP contribution >= 0.6 is 0 Å². The number of likely N-dealkylation sites (tertiary alicyclic amines) is 1. The summed E-state index contributed by atoms with van der Waals surface area (Å²) in [7, 11) is 0. The topological polar surface area (TPSA) is 51.7 Å². The normalized spacial score (nSPS) is 15.8. The number of amides is 1. The lowest BCUT2D eigenvalue weighted by Gasteiger charge is -2.24. The van der Waals surface area contributed by atoms with Crippen LogP contribution in [-0.2, 0) is 11.4 Å². The average Bonchev–Trinajstić information content (AvgIpc) is 3.33. The standard InChI is InChI=1S/C27H28N2O3/c1-2-31-24-15-11-22(12-16-24)26-7-5-19-29(26)27(30)17-10-21-8-13-25(14-9-21)32-20-23-6-3-4-18-28-23/h3-4,6,8-18,26H,2,5,7,19-20H2,1H3/b17-10+. The van der Waals surface area contributed by atoms with E-state index in [0.717, 1.165) is 47.7 Å². The number of ether oxygens (including phenoxy) is 2. The van der Waals surface area contributed by atoms with Gasteiger partial charge in [0.1, 0.15) is 18.1 Å². The summed E-state index contributed by atoms with van der Waals surface area (Å²) >= 11 is 0. The molecule has 0 N–H and O–H groups in total. The molecule has 0 bridgehead atoms. The third-order valence-corrected chi connectivity index (χ3v) is 5.52. The molecular formula is C27H28N2O3. The average molecular weight is 429 g/mol. The van der Waals surface area contributed by atoms with Crippen LogP contribution in [0, 0.1) is 0 Å². The van der Waals surface area contributed by atoms with Gasteiger partial charge in [0.2, 0.25) is 5.91 Å². The Balaban J connectivity index is 1.34. The highest BCUT2D eigenvalue weighted by molar-refractivity contribution is 5.92. The number of nitrogens with zero attached hydrogens (tertiary/aromatic N) is 2. The fourth-order valence-electron chi connectivity index (χ4n) is 3.91. The zero-order valence-electron chi connectivity index (χ0n) is 18.3. The molecule has 5 heteroatoms. The summed E-state index contributed by atoms with van der Waals surface area (Å²) in [6.07, 6.45) is 7.27. The van der Waals surface area contributed by atoms with Gasteiger partial charge in [-0.2, -0.15) is 0 Å². The maximum Gasteiger partial charge on any atom is 0.247 e. The van der Waals surface area contributed by atoms with Crippen molar-refractivity contribution < 1.29 is 14.3 Å². The summed E-state index contributed by atoms with van der Waals surface area (Å²) in [5.74, 6) is 1.67. The highest BCUT2D eigenvalue weighted by Crippen LogP contribution is 2.33. The van der Waals surface area contributed by atoms with Gasteiger partial charge in [-0.3, -0.25) is 9.78 Å². The molecule has 1 aromatic heterocycles. The van der Waals surface area contributed by atoms with Gasteiger partial charge in [0, 0.05) is 18.8 Å². The van der Waals surface area contributed by atoms with E-state index in [4.69, 9.17) is 9.47 Å². The smallest absolute Gasteiger partial charge is 0.247 e. The van der Waals surface area contributed by atoms with Gasteiger partial charge in [0.25, 0.3) is 0 Å². The van der Waals surface area contributed by atoms with Crippen molar-refractivity contribution in [1.29, 1.82) is 0 Å². The molecule has 164 valence electrons. The van der Waals surface area contributed by atoms with Crippen molar-refractivity contribution in [3.05, 3.63) is 95.8 Å². The minimum absolute atomic E-state index is 0.0388. The molecule has 0 spiro atoms. The molecular weight excluding hydrogens is 400 g/mol. The van der Waals surface area contributed by atoms with Crippen LogP contribution in [0.25, 0.3) is 6.08 Å². The molecule has 32 heavy (non-hydrogen) atoms. The fraction of sp³-hybridized carbons (Fsp3) is 0.259. The summed E-state index contributed by atoms with van der Waals surface area (Å²) in [5, 5.41) is 0. The van der Waals surface area contributed by atoms with Gasteiger partial charge in [-0.15, -0.1) is 0 Å². The quantitative estimate of drug-likeness (QED) is 0.449. The van der Waals surface area contributed by atoms with E-state index in [2.05, 4.69) is 17.1 Å². The van der Waals surface area contributed by atoms with Crippen LogP contribution in [0.3, 0.4) is 0 Å². The molecule has 1 aliphatic heterocycles. The third-order valence-electron chi connectivity index (χ3n) is 5.52. The largest absolute Gasteiger partial charge is 0.494 e. The van der Waals surface area contributed by atoms with E-state index in [-0.39, 0.29) is 11.9 Å². The molecule has 1 atom stereocenters. The molecule has 1 amide bonds. The molecule has 4 rings (SSSR count). The Labute approximate surface area is 189 Å². The third kappa shape index (κ3) is 5.55. The van der Waals surface area contributed by atoms with Gasteiger partial charge in [0.05, 0.1) is 18.3 Å². The molecule has 0 aliphatic carbocycles. The van der Waals surface area contributed by atoms with E-state index >= 15 is 0 Å². The van der Waals surface area contributed by atoms with Crippen molar-refractivity contribution in [2.45, 2.75) is 32.4 Å². The Morgan fingerprint density at radius 2 is 1.78 bits per heavy atom. The first-order chi connectivity index (χ1) is 15.7. The molecule has 3 aromatic rings. The molecule has 1 unspecified atom stereocenters. The van der Waals surface area contributed by atoms with E-state index in [1.165, 1.54) is 0 Å². The van der Waals surface area contributed by atoms with Crippen LogP contribution in [0.1, 0.15) is 42.6 Å². The number of carbonyl (C=O) groups excluding carboxylic acids is 1. The number of carbonyl (C=O) groups is 1. The Kier molecular flexibility index (Phi) is 7.18. The lowest BCUT2D eigenvalue weighted by atomic mass is 10.0. The second kappa shape index (κ2) is 10.6. The van der Waals surface area contributed by atoms with Gasteiger partial charge in [-0.1, -0.05) is 30.3 Å². The van der Waals surface area contributed by atoms with Crippen molar-refractivity contribution >= 4 is 12.0 Å². The molecule has 0 radical (unpaired) electrons. The van der Waals surface area contributed by atoms with Crippen LogP contribution in [0.4, 0.5) is 0 Å². The van der Waals surface area contributed by atoms with Crippen molar-refractivity contribution in [3.8, 4) is 11.5 Å². The summed E-state index contributed by atoms with van der Waals surface area (Å²) in [4.78, 5) is 19.1. The lowest BCUT2D eigenvalue weighted by molar-refractivity contribution is -0.126. The number of hydrogen-bond donors (Lipinski definition) is 0. The molecule has 5 nitrogen and oxygen atoms in total. The Morgan fingerprint density at radius 1 is 1.03 bits per heavy atom. The second-order valence-corrected chi connectivity index (χ2v) is 7.70. The molecule has 1 saturated heterocycles. The second-order valence-electron chi connectivity index (χ2n) is 7.70. The van der Waals surface area contributed by atoms with E-state index in [1.54, 1.807) is 12.3 Å². The zero-order chi connectivity index (χ0) is 22.2. The Morgan fingerprint density at radius 3 is 2.50 bits per heavy atom. The van der Waals surface area contributed by atoms with Gasteiger partial charge in [-0.05, 0) is 73.4 Å². The highest BCUT2D eigenvalue weighted by atomic mass is 16.5. The van der Waals surface area contributed by atoms with E-state index in [0.29, 0.717) is 13.2 Å². The molecule has 2 aromatic carbocycles. The van der Waals surface area contributed by atoms with Crippen molar-refractivity contribution in [2.24, 2.45) is 0 Å². The molecule has 1 fully saturated rings. The van der Waals surface area contributed by atoms with E-state index < -0.39 is 0 Å². The van der Waals surface area contributed by atoms with E-state index in [9.17, 15) is 4.79 Å². The van der Waals surface area contributed by atoms with Crippen molar-refractivity contribution in [2.75, 3.05) is 13.2 Å². The predicted molar refractivity (Wildman–Crippen MR) is 125 cm³/mol. The Hall–Kier alpha value is -3.60. The molecule has 2 heterocycles. The zero-order valence-corrected chi connectivity index (χ0v) is 18.3. The number of rotatable bonds is 8.